The van der Waals surface area contributed by atoms with Crippen LogP contribution in [0.3, 0.4) is 0 Å². The summed E-state index contributed by atoms with van der Waals surface area (Å²) < 4.78 is 64.3. The second kappa shape index (κ2) is 13.4. The Balaban J connectivity index is 0. The Morgan fingerprint density at radius 3 is 1.54 bits per heavy atom. The number of hydrogen-bond acceptors (Lipinski definition) is 9. The Labute approximate surface area is 238 Å². The smallest absolute Gasteiger partial charge is 0.748 e. The maximum atomic E-state index is 10.7. The van der Waals surface area contributed by atoms with E-state index in [0.717, 1.165) is 5.56 Å². The molecule has 0 saturated carbocycles. The summed E-state index contributed by atoms with van der Waals surface area (Å²) in [6.07, 6.45) is -3.07. The molecule has 0 aliphatic carbocycles. The maximum absolute atomic E-state index is 10.7. The van der Waals surface area contributed by atoms with Gasteiger partial charge in [0.25, 0.3) is 0 Å². The molecule has 0 radical (unpaired) electrons. The summed E-state index contributed by atoms with van der Waals surface area (Å²) in [5.74, 6) is -2.05. The van der Waals surface area contributed by atoms with Gasteiger partial charge >= 0.3 is 103 Å². The number of hydrogen-bond donors (Lipinski definition) is 2. The van der Waals surface area contributed by atoms with Crippen LogP contribution in [0.4, 0.5) is 5.69 Å². The molecular weight excluding hydrogens is 440 g/mol. The molecule has 0 aliphatic heterocycles. The quantitative estimate of drug-likeness (QED) is 0.270. The number of nitrogens with zero attached hydrogens (tertiary/aromatic N) is 1. The SMILES string of the molecule is Cc1ccc(N(CC(O)CS(=O)(=O)[O-])CC(O)CS(=O)(=O)[O-])cc1.[K+].[K+]. The molecule has 9 nitrogen and oxygen atoms in total. The fraction of sp³-hybridized carbons (Fsp3) is 0.538. The van der Waals surface area contributed by atoms with Crippen molar-refractivity contribution in [3.05, 3.63) is 29.8 Å². The summed E-state index contributed by atoms with van der Waals surface area (Å²) in [5, 5.41) is 19.5. The van der Waals surface area contributed by atoms with Crippen LogP contribution in [0.1, 0.15) is 5.56 Å². The van der Waals surface area contributed by atoms with E-state index in [-0.39, 0.29) is 116 Å². The van der Waals surface area contributed by atoms with Crippen molar-refractivity contribution < 1.29 is 139 Å². The van der Waals surface area contributed by atoms with Gasteiger partial charge < -0.3 is 24.2 Å². The van der Waals surface area contributed by atoms with Gasteiger partial charge in [-0.2, -0.15) is 0 Å². The van der Waals surface area contributed by atoms with Gasteiger partial charge in [-0.1, -0.05) is 17.7 Å². The maximum Gasteiger partial charge on any atom is 1.00 e. The van der Waals surface area contributed by atoms with Gasteiger partial charge in [0.05, 0.1) is 43.9 Å². The summed E-state index contributed by atoms with van der Waals surface area (Å²) in [6.45, 7) is 1.16. The molecule has 2 N–H and O–H groups in total. The van der Waals surface area contributed by atoms with Crippen LogP contribution >= 0.6 is 0 Å². The zero-order valence-corrected chi connectivity index (χ0v) is 22.8. The van der Waals surface area contributed by atoms with Crippen molar-refractivity contribution in [2.75, 3.05) is 29.5 Å². The third-order valence-electron chi connectivity index (χ3n) is 3.05. The minimum absolute atomic E-state index is 0. The van der Waals surface area contributed by atoms with Gasteiger partial charge in [-0.25, -0.2) is 16.8 Å². The standard InChI is InChI=1S/C13H21NO8S2.2K/c1-10-2-4-11(5-3-10)14(6-12(15)8-23(17,18)19)7-13(16)9-24(20,21)22;;/h2-5,12-13,15-16H,6-9H2,1H3,(H,17,18,19)(H,20,21,22);;/q;2*+1/p-2. The molecule has 0 amide bonds. The minimum Gasteiger partial charge on any atom is -0.748 e. The molecule has 1 aromatic rings. The molecule has 0 aliphatic rings. The molecule has 2 unspecified atom stereocenters. The van der Waals surface area contributed by atoms with Crippen LogP contribution in [-0.2, 0) is 20.2 Å². The first-order chi connectivity index (χ1) is 10.9. The van der Waals surface area contributed by atoms with Gasteiger partial charge in [-0.15, -0.1) is 0 Å². The van der Waals surface area contributed by atoms with Crippen LogP contribution in [0.5, 0.6) is 0 Å². The normalized spacial score (nSPS) is 13.9. The summed E-state index contributed by atoms with van der Waals surface area (Å²) >= 11 is 0. The van der Waals surface area contributed by atoms with Crippen molar-refractivity contribution in [1.29, 1.82) is 0 Å². The number of aliphatic hydroxyl groups is 2. The predicted molar refractivity (Wildman–Crippen MR) is 84.5 cm³/mol. The molecule has 0 aromatic heterocycles. The van der Waals surface area contributed by atoms with Gasteiger partial charge in [0.15, 0.2) is 0 Å². The Kier molecular flexibility index (Phi) is 15.5. The molecular formula is C13H19K2NO8S2. The second-order valence-corrected chi connectivity index (χ2v) is 8.39. The van der Waals surface area contributed by atoms with Crippen LogP contribution in [-0.4, -0.2) is 73.0 Å². The van der Waals surface area contributed by atoms with E-state index in [1.165, 1.54) is 4.90 Å². The number of aliphatic hydroxyl groups excluding tert-OH is 2. The van der Waals surface area contributed by atoms with Crippen LogP contribution in [0.2, 0.25) is 0 Å². The van der Waals surface area contributed by atoms with Crippen LogP contribution in [0.25, 0.3) is 0 Å². The number of rotatable bonds is 9. The fourth-order valence-electron chi connectivity index (χ4n) is 2.13. The summed E-state index contributed by atoms with van der Waals surface area (Å²) in [5.41, 5.74) is 1.38. The van der Waals surface area contributed by atoms with E-state index < -0.39 is 43.9 Å². The van der Waals surface area contributed by atoms with Crippen LogP contribution in [0, 0.1) is 6.92 Å². The number of anilines is 1. The third kappa shape index (κ3) is 14.1. The van der Waals surface area contributed by atoms with E-state index in [1.54, 1.807) is 24.3 Å². The van der Waals surface area contributed by atoms with E-state index in [1.807, 2.05) is 6.92 Å². The van der Waals surface area contributed by atoms with Gasteiger partial charge in [-0.05, 0) is 19.1 Å². The Hall–Kier alpha value is 2.03. The molecule has 0 saturated heterocycles. The van der Waals surface area contributed by atoms with Crippen molar-refractivity contribution >= 4 is 25.9 Å². The van der Waals surface area contributed by atoms with E-state index >= 15 is 0 Å². The molecule has 138 valence electrons. The average Bonchev–Trinajstić information content (AvgIpc) is 2.34. The van der Waals surface area contributed by atoms with Gasteiger partial charge in [0.1, 0.15) is 0 Å². The molecule has 0 bridgehead atoms. The Morgan fingerprint density at radius 2 is 1.23 bits per heavy atom. The number of benzene rings is 1. The van der Waals surface area contributed by atoms with Crippen molar-refractivity contribution in [3.8, 4) is 0 Å². The first-order valence-electron chi connectivity index (χ1n) is 6.90. The predicted octanol–water partition coefficient (Wildman–Crippen LogP) is -7.38. The molecule has 0 fully saturated rings. The summed E-state index contributed by atoms with van der Waals surface area (Å²) in [6, 6.07) is 6.67. The summed E-state index contributed by atoms with van der Waals surface area (Å²) in [4.78, 5) is 1.31. The van der Waals surface area contributed by atoms with Gasteiger partial charge in [-0.3, -0.25) is 0 Å². The molecule has 26 heavy (non-hydrogen) atoms. The van der Waals surface area contributed by atoms with Crippen molar-refractivity contribution in [2.24, 2.45) is 0 Å². The van der Waals surface area contributed by atoms with E-state index in [9.17, 15) is 36.2 Å². The molecule has 1 rings (SSSR count). The first kappa shape index (κ1) is 30.2. The van der Waals surface area contributed by atoms with E-state index in [0.29, 0.717) is 5.69 Å². The monoisotopic (exact) mass is 459 g/mol. The Morgan fingerprint density at radius 1 is 0.885 bits per heavy atom. The minimum atomic E-state index is -4.65. The molecule has 0 spiro atoms. The zero-order valence-electron chi connectivity index (χ0n) is 14.9. The van der Waals surface area contributed by atoms with E-state index in [4.69, 9.17) is 0 Å². The van der Waals surface area contributed by atoms with E-state index in [2.05, 4.69) is 0 Å². The largest absolute Gasteiger partial charge is 1.00 e. The zero-order chi connectivity index (χ0) is 18.5. The Bertz CT molecular complexity index is 698. The van der Waals surface area contributed by atoms with Crippen LogP contribution in [0.15, 0.2) is 24.3 Å². The molecule has 13 heteroatoms. The van der Waals surface area contributed by atoms with Crippen LogP contribution < -0.4 is 108 Å². The van der Waals surface area contributed by atoms with Gasteiger partial charge in [0.2, 0.25) is 0 Å². The van der Waals surface area contributed by atoms with Gasteiger partial charge in [0, 0.05) is 18.8 Å². The topological polar surface area (TPSA) is 158 Å². The molecule has 2 atom stereocenters. The third-order valence-corrected chi connectivity index (χ3v) is 4.64. The summed E-state index contributed by atoms with van der Waals surface area (Å²) in [7, 11) is -9.30. The fourth-order valence-corrected chi connectivity index (χ4v) is 3.28. The molecule has 1 aromatic carbocycles. The second-order valence-electron chi connectivity index (χ2n) is 5.50. The number of aryl methyl sites for hydroxylation is 1. The average molecular weight is 460 g/mol. The van der Waals surface area contributed by atoms with Crippen molar-refractivity contribution in [3.63, 3.8) is 0 Å². The molecule has 0 heterocycles. The van der Waals surface area contributed by atoms with Crippen molar-refractivity contribution in [2.45, 2.75) is 19.1 Å². The first-order valence-corrected chi connectivity index (χ1v) is 10.1. The van der Waals surface area contributed by atoms with Crippen molar-refractivity contribution in [1.82, 2.24) is 0 Å².